The zero-order valence-electron chi connectivity index (χ0n) is 10.8. The number of nitrogens with zero attached hydrogens (tertiary/aromatic N) is 3. The summed E-state index contributed by atoms with van der Waals surface area (Å²) in [6.45, 7) is 0.0130. The second kappa shape index (κ2) is 5.82. The molecule has 10 heteroatoms. The van der Waals surface area contributed by atoms with Gasteiger partial charge in [-0.1, -0.05) is 0 Å². The van der Waals surface area contributed by atoms with Crippen molar-refractivity contribution >= 4 is 27.3 Å². The van der Waals surface area contributed by atoms with E-state index in [2.05, 4.69) is 4.98 Å². The van der Waals surface area contributed by atoms with E-state index in [9.17, 15) is 23.3 Å². The normalized spacial score (nSPS) is 11.1. The van der Waals surface area contributed by atoms with Gasteiger partial charge in [0.1, 0.15) is 9.84 Å². The Hall–Kier alpha value is -2.23. The molecule has 0 unspecified atom stereocenters. The smallest absolute Gasteiger partial charge is 0.337 e. The van der Waals surface area contributed by atoms with Gasteiger partial charge in [0.2, 0.25) is 5.82 Å². The Morgan fingerprint density at radius 3 is 2.60 bits per heavy atom. The van der Waals surface area contributed by atoms with Gasteiger partial charge in [0.15, 0.2) is 0 Å². The van der Waals surface area contributed by atoms with Gasteiger partial charge in [-0.2, -0.15) is 0 Å². The molecule has 0 aliphatic rings. The second-order valence-corrected chi connectivity index (χ2v) is 6.44. The Balaban J connectivity index is 3.10. The van der Waals surface area contributed by atoms with Crippen LogP contribution in [0.25, 0.3) is 0 Å². The van der Waals surface area contributed by atoms with Crippen LogP contribution < -0.4 is 4.90 Å². The molecule has 110 valence electrons. The molecule has 0 saturated carbocycles. The maximum absolute atomic E-state index is 11.1. The van der Waals surface area contributed by atoms with Crippen LogP contribution >= 0.6 is 0 Å². The van der Waals surface area contributed by atoms with Crippen LogP contribution in [0.4, 0.5) is 11.5 Å². The number of pyridine rings is 1. The Labute approximate surface area is 114 Å². The number of aromatic carboxylic acids is 1. The highest BCUT2D eigenvalue weighted by molar-refractivity contribution is 7.90. The molecular formula is C10H13N3O6S. The number of carbonyl (C=O) groups is 1. The molecule has 0 fully saturated rings. The standard InChI is InChI=1S/C10H13N3O6S/c1-12(3-4-20(2,18)19)9-8(13(16)17)5-7(6-11-9)10(14)15/h5-6H,3-4H2,1-2H3,(H,14,15). The number of nitro groups is 1. The van der Waals surface area contributed by atoms with E-state index in [4.69, 9.17) is 5.11 Å². The molecular weight excluding hydrogens is 290 g/mol. The van der Waals surface area contributed by atoms with Crippen molar-refractivity contribution in [3.05, 3.63) is 27.9 Å². The maximum Gasteiger partial charge on any atom is 0.337 e. The summed E-state index contributed by atoms with van der Waals surface area (Å²) in [5, 5.41) is 19.7. The fourth-order valence-corrected chi connectivity index (χ4v) is 2.01. The van der Waals surface area contributed by atoms with Crippen LogP contribution in [0.3, 0.4) is 0 Å². The van der Waals surface area contributed by atoms with E-state index in [1.165, 1.54) is 11.9 Å². The highest BCUT2D eigenvalue weighted by atomic mass is 32.2. The number of rotatable bonds is 6. The molecule has 0 atom stereocenters. The van der Waals surface area contributed by atoms with Gasteiger partial charge in [-0.15, -0.1) is 0 Å². The highest BCUT2D eigenvalue weighted by Gasteiger charge is 2.22. The minimum atomic E-state index is -3.22. The number of carboxylic acid groups (broad SMARTS) is 1. The fraction of sp³-hybridized carbons (Fsp3) is 0.400. The fourth-order valence-electron chi connectivity index (χ4n) is 1.40. The van der Waals surface area contributed by atoms with E-state index in [1.807, 2.05) is 0 Å². The third-order valence-electron chi connectivity index (χ3n) is 2.45. The average molecular weight is 303 g/mol. The topological polar surface area (TPSA) is 131 Å². The van der Waals surface area contributed by atoms with Crippen molar-refractivity contribution < 1.29 is 23.2 Å². The van der Waals surface area contributed by atoms with Gasteiger partial charge in [-0.05, 0) is 0 Å². The third kappa shape index (κ3) is 4.16. The van der Waals surface area contributed by atoms with E-state index >= 15 is 0 Å². The maximum atomic E-state index is 11.1. The molecule has 0 amide bonds. The molecule has 9 nitrogen and oxygen atoms in total. The Kier molecular flexibility index (Phi) is 4.61. The van der Waals surface area contributed by atoms with Gasteiger partial charge in [-0.3, -0.25) is 10.1 Å². The molecule has 1 aromatic rings. The number of aromatic nitrogens is 1. The lowest BCUT2D eigenvalue weighted by Crippen LogP contribution is -2.26. The molecule has 1 aromatic heterocycles. The predicted molar refractivity (Wildman–Crippen MR) is 70.8 cm³/mol. The zero-order chi connectivity index (χ0) is 15.5. The molecule has 0 radical (unpaired) electrons. The average Bonchev–Trinajstić information content (AvgIpc) is 2.34. The van der Waals surface area contributed by atoms with Crippen LogP contribution in [0.2, 0.25) is 0 Å². The van der Waals surface area contributed by atoms with Crippen LogP contribution in [-0.4, -0.2) is 55.0 Å². The van der Waals surface area contributed by atoms with Crippen LogP contribution in [0.1, 0.15) is 10.4 Å². The van der Waals surface area contributed by atoms with Gasteiger partial charge in [0, 0.05) is 32.1 Å². The molecule has 20 heavy (non-hydrogen) atoms. The molecule has 0 saturated heterocycles. The monoisotopic (exact) mass is 303 g/mol. The molecule has 1 N–H and O–H groups in total. The summed E-state index contributed by atoms with van der Waals surface area (Å²) >= 11 is 0. The molecule has 0 bridgehead atoms. The van der Waals surface area contributed by atoms with Crippen molar-refractivity contribution in [3.63, 3.8) is 0 Å². The number of sulfone groups is 1. The summed E-state index contributed by atoms with van der Waals surface area (Å²) in [7, 11) is -1.77. The van der Waals surface area contributed by atoms with Crippen molar-refractivity contribution in [2.75, 3.05) is 30.5 Å². The second-order valence-electron chi connectivity index (χ2n) is 4.18. The lowest BCUT2D eigenvalue weighted by Gasteiger charge is -2.17. The summed E-state index contributed by atoms with van der Waals surface area (Å²) in [6.07, 6.45) is 2.04. The number of anilines is 1. The molecule has 1 rings (SSSR count). The summed E-state index contributed by atoms with van der Waals surface area (Å²) in [5.41, 5.74) is -0.794. The number of hydrogen-bond acceptors (Lipinski definition) is 7. The summed E-state index contributed by atoms with van der Waals surface area (Å²) in [6, 6.07) is 0.890. The minimum Gasteiger partial charge on any atom is -0.478 e. The zero-order valence-corrected chi connectivity index (χ0v) is 11.6. The van der Waals surface area contributed by atoms with E-state index < -0.39 is 26.4 Å². The summed E-state index contributed by atoms with van der Waals surface area (Å²) < 4.78 is 22.1. The summed E-state index contributed by atoms with van der Waals surface area (Å²) in [5.74, 6) is -1.60. The van der Waals surface area contributed by atoms with E-state index in [-0.39, 0.29) is 23.7 Å². The van der Waals surface area contributed by atoms with Gasteiger partial charge in [0.05, 0.1) is 16.2 Å². The van der Waals surface area contributed by atoms with Gasteiger partial charge in [-0.25, -0.2) is 18.2 Å². The van der Waals surface area contributed by atoms with Gasteiger partial charge >= 0.3 is 11.7 Å². The van der Waals surface area contributed by atoms with Gasteiger partial charge in [0.25, 0.3) is 0 Å². The first kappa shape index (κ1) is 15.8. The number of carboxylic acids is 1. The van der Waals surface area contributed by atoms with Crippen LogP contribution in [-0.2, 0) is 9.84 Å². The van der Waals surface area contributed by atoms with Crippen molar-refractivity contribution in [3.8, 4) is 0 Å². The SMILES string of the molecule is CN(CCS(C)(=O)=O)c1ncc(C(=O)O)cc1[N+](=O)[O-]. The van der Waals surface area contributed by atoms with Crippen molar-refractivity contribution in [2.45, 2.75) is 0 Å². The molecule has 0 aliphatic heterocycles. The largest absolute Gasteiger partial charge is 0.478 e. The third-order valence-corrected chi connectivity index (χ3v) is 3.37. The Morgan fingerprint density at radius 1 is 1.55 bits per heavy atom. The first-order chi connectivity index (χ1) is 9.11. The van der Waals surface area contributed by atoms with Gasteiger partial charge < -0.3 is 10.0 Å². The van der Waals surface area contributed by atoms with Crippen molar-refractivity contribution in [1.82, 2.24) is 4.98 Å². The lowest BCUT2D eigenvalue weighted by atomic mass is 10.2. The lowest BCUT2D eigenvalue weighted by molar-refractivity contribution is -0.384. The quantitative estimate of drug-likeness (QED) is 0.581. The van der Waals surface area contributed by atoms with Crippen molar-refractivity contribution in [1.29, 1.82) is 0 Å². The van der Waals surface area contributed by atoms with E-state index in [0.29, 0.717) is 0 Å². The van der Waals surface area contributed by atoms with Crippen molar-refractivity contribution in [2.24, 2.45) is 0 Å². The predicted octanol–water partition coefficient (Wildman–Crippen LogP) is 0.169. The Morgan fingerprint density at radius 2 is 2.15 bits per heavy atom. The van der Waals surface area contributed by atoms with Crippen LogP contribution in [0, 0.1) is 10.1 Å². The van der Waals surface area contributed by atoms with E-state index in [1.54, 1.807) is 0 Å². The molecule has 0 aromatic carbocycles. The Bertz CT molecular complexity index is 642. The van der Waals surface area contributed by atoms with Crippen LogP contribution in [0.5, 0.6) is 0 Å². The number of hydrogen-bond donors (Lipinski definition) is 1. The molecule has 0 aliphatic carbocycles. The minimum absolute atomic E-state index is 0.0130. The summed E-state index contributed by atoms with van der Waals surface area (Å²) in [4.78, 5) is 26.0. The van der Waals surface area contributed by atoms with Crippen LogP contribution in [0.15, 0.2) is 12.3 Å². The highest BCUT2D eigenvalue weighted by Crippen LogP contribution is 2.25. The molecule has 0 spiro atoms. The first-order valence-corrected chi connectivity index (χ1v) is 7.44. The van der Waals surface area contributed by atoms with E-state index in [0.717, 1.165) is 18.5 Å². The first-order valence-electron chi connectivity index (χ1n) is 5.38. The molecule has 1 heterocycles.